The van der Waals surface area contributed by atoms with Crippen molar-refractivity contribution in [1.82, 2.24) is 14.8 Å². The smallest absolute Gasteiger partial charge is 0.220 e. The van der Waals surface area contributed by atoms with Gasteiger partial charge < -0.3 is 4.74 Å². The first-order valence-corrected chi connectivity index (χ1v) is 12.0. The summed E-state index contributed by atoms with van der Waals surface area (Å²) in [6.45, 7) is 1.70. The van der Waals surface area contributed by atoms with Crippen LogP contribution in [-0.4, -0.2) is 26.2 Å². The first kappa shape index (κ1) is 23.9. The Balaban J connectivity index is 1.67. The summed E-state index contributed by atoms with van der Waals surface area (Å²) < 4.78 is 21.9. The van der Waals surface area contributed by atoms with Crippen molar-refractivity contribution in [2.24, 2.45) is 0 Å². The number of rotatable bonds is 9. The van der Waals surface area contributed by atoms with E-state index in [2.05, 4.69) is 26.1 Å². The van der Waals surface area contributed by atoms with Crippen LogP contribution in [0.2, 0.25) is 0 Å². The highest BCUT2D eigenvalue weighted by atomic mass is 79.9. The molecule has 34 heavy (non-hydrogen) atoms. The number of halogens is 2. The Morgan fingerprint density at radius 2 is 1.85 bits per heavy atom. The van der Waals surface area contributed by atoms with Gasteiger partial charge in [-0.15, -0.1) is 10.2 Å². The molecule has 4 aromatic rings. The van der Waals surface area contributed by atoms with Crippen LogP contribution in [0.25, 0.3) is 5.69 Å². The lowest BCUT2D eigenvalue weighted by atomic mass is 10.1. The van der Waals surface area contributed by atoms with Gasteiger partial charge in [0, 0.05) is 20.6 Å². The van der Waals surface area contributed by atoms with E-state index < -0.39 is 5.25 Å². The molecule has 1 atom stereocenters. The van der Waals surface area contributed by atoms with Crippen molar-refractivity contribution in [3.63, 3.8) is 0 Å². The molecule has 0 aliphatic heterocycles. The third kappa shape index (κ3) is 5.81. The van der Waals surface area contributed by atoms with Gasteiger partial charge in [-0.25, -0.2) is 4.39 Å². The molecule has 7 nitrogen and oxygen atoms in total. The van der Waals surface area contributed by atoms with Crippen molar-refractivity contribution in [3.05, 3.63) is 110 Å². The number of para-hydroxylation sites is 1. The Morgan fingerprint density at radius 3 is 2.56 bits per heavy atom. The highest BCUT2D eigenvalue weighted by molar-refractivity contribution is 9.10. The van der Waals surface area contributed by atoms with Crippen LogP contribution in [0.5, 0.6) is 5.75 Å². The Morgan fingerprint density at radius 1 is 1.12 bits per heavy atom. The minimum Gasteiger partial charge on any atom is -0.489 e. The third-order valence-corrected chi connectivity index (χ3v) is 6.65. The van der Waals surface area contributed by atoms with Crippen molar-refractivity contribution in [2.45, 2.75) is 23.9 Å². The van der Waals surface area contributed by atoms with Crippen LogP contribution < -0.4 is 4.74 Å². The van der Waals surface area contributed by atoms with Crippen molar-refractivity contribution in [1.29, 1.82) is 0 Å². The molecule has 0 N–H and O–H groups in total. The van der Waals surface area contributed by atoms with E-state index in [4.69, 9.17) is 4.74 Å². The predicted molar refractivity (Wildman–Crippen MR) is 131 cm³/mol. The minimum absolute atomic E-state index is 0.198. The van der Waals surface area contributed by atoms with Gasteiger partial charge in [0.05, 0.1) is 0 Å². The Kier molecular flexibility index (Phi) is 7.59. The molecule has 1 heterocycles. The van der Waals surface area contributed by atoms with E-state index in [0.717, 1.165) is 15.7 Å². The normalized spacial score (nSPS) is 11.9. The van der Waals surface area contributed by atoms with Crippen molar-refractivity contribution in [2.75, 3.05) is 6.54 Å². The summed E-state index contributed by atoms with van der Waals surface area (Å²) in [5.74, 6) is 0.860. The zero-order valence-corrected chi connectivity index (χ0v) is 20.5. The highest BCUT2D eigenvalue weighted by Gasteiger charge is 2.27. The Hall–Kier alpha value is -3.24. The molecule has 1 aromatic heterocycles. The Bertz CT molecular complexity index is 1290. The van der Waals surface area contributed by atoms with Crippen molar-refractivity contribution >= 4 is 27.7 Å². The number of ether oxygens (including phenoxy) is 1. The quantitative estimate of drug-likeness (QED) is 0.143. The summed E-state index contributed by atoms with van der Waals surface area (Å²) in [6, 6.07) is 21.0. The van der Waals surface area contributed by atoms with Gasteiger partial charge in [-0.3, -0.25) is 14.7 Å². The van der Waals surface area contributed by atoms with Crippen LogP contribution in [0.3, 0.4) is 0 Å². The fraction of sp³-hybridized carbons (Fsp3) is 0.167. The molecule has 0 aliphatic carbocycles. The average Bonchev–Trinajstić information content (AvgIpc) is 3.19. The van der Waals surface area contributed by atoms with Gasteiger partial charge in [-0.2, -0.15) is 0 Å². The zero-order chi connectivity index (χ0) is 24.1. The topological polar surface area (TPSA) is 83.1 Å². The monoisotopic (exact) mass is 542 g/mol. The summed E-state index contributed by atoms with van der Waals surface area (Å²) in [5, 5.41) is 20.0. The number of thioether (sulfide) groups is 1. The van der Waals surface area contributed by atoms with Crippen LogP contribution in [0.15, 0.2) is 82.4 Å². The van der Waals surface area contributed by atoms with Crippen LogP contribution in [-0.2, 0) is 6.61 Å². The molecule has 0 fully saturated rings. The highest BCUT2D eigenvalue weighted by Crippen LogP contribution is 2.41. The fourth-order valence-electron chi connectivity index (χ4n) is 3.40. The fourth-order valence-corrected chi connectivity index (χ4v) is 4.97. The molecule has 0 saturated heterocycles. The number of aryl methyl sites for hydroxylation is 1. The van der Waals surface area contributed by atoms with Crippen molar-refractivity contribution in [3.8, 4) is 11.4 Å². The number of aromatic nitrogens is 3. The summed E-state index contributed by atoms with van der Waals surface area (Å²) in [7, 11) is 0. The largest absolute Gasteiger partial charge is 0.489 e. The van der Waals surface area contributed by atoms with Gasteiger partial charge in [0.2, 0.25) is 6.54 Å². The maximum Gasteiger partial charge on any atom is 0.220 e. The molecule has 10 heteroatoms. The first-order chi connectivity index (χ1) is 16.4. The molecule has 0 unspecified atom stereocenters. The van der Waals surface area contributed by atoms with Crippen molar-refractivity contribution < 1.29 is 14.1 Å². The van der Waals surface area contributed by atoms with Gasteiger partial charge in [0.1, 0.15) is 29.2 Å². The number of nitrogens with zero attached hydrogens (tertiary/aromatic N) is 4. The molecule has 0 spiro atoms. The van der Waals surface area contributed by atoms with Gasteiger partial charge >= 0.3 is 0 Å². The lowest BCUT2D eigenvalue weighted by Gasteiger charge is -2.18. The molecule has 0 aliphatic rings. The van der Waals surface area contributed by atoms with Gasteiger partial charge in [-0.05, 0) is 55.0 Å². The second-order valence-electron chi connectivity index (χ2n) is 7.42. The van der Waals surface area contributed by atoms with E-state index in [1.165, 1.54) is 23.9 Å². The summed E-state index contributed by atoms with van der Waals surface area (Å²) >= 11 is 4.72. The van der Waals surface area contributed by atoms with Gasteiger partial charge in [0.25, 0.3) is 0 Å². The lowest BCUT2D eigenvalue weighted by Crippen LogP contribution is -2.12. The molecule has 0 saturated carbocycles. The number of benzene rings is 3. The molecule has 174 valence electrons. The lowest BCUT2D eigenvalue weighted by molar-refractivity contribution is -0.479. The van der Waals surface area contributed by atoms with E-state index in [1.54, 1.807) is 18.2 Å². The minimum atomic E-state index is -0.596. The van der Waals surface area contributed by atoms with E-state index in [1.807, 2.05) is 54.0 Å². The van der Waals surface area contributed by atoms with Gasteiger partial charge in [0.15, 0.2) is 5.16 Å². The standard InChI is InChI=1S/C24H20BrFN4O3S/c1-16-27-28-24(30(16)20-5-3-2-4-6-20)34-23(14-29(31)32)21-13-18(25)9-12-22(21)33-15-17-7-10-19(26)11-8-17/h2-13,23H,14-15H2,1H3/t23-/m0/s1. The first-order valence-electron chi connectivity index (χ1n) is 10.3. The predicted octanol–water partition coefficient (Wildman–Crippen LogP) is 6.17. The third-order valence-electron chi connectivity index (χ3n) is 5.00. The van der Waals surface area contributed by atoms with Crippen LogP contribution in [0, 0.1) is 22.9 Å². The van der Waals surface area contributed by atoms with E-state index in [0.29, 0.717) is 22.3 Å². The zero-order valence-electron chi connectivity index (χ0n) is 18.1. The van der Waals surface area contributed by atoms with Crippen LogP contribution in [0.1, 0.15) is 22.2 Å². The number of hydrogen-bond acceptors (Lipinski definition) is 6. The van der Waals surface area contributed by atoms with Crippen LogP contribution in [0.4, 0.5) is 4.39 Å². The number of nitro groups is 1. The molecule has 4 rings (SSSR count). The summed E-state index contributed by atoms with van der Waals surface area (Å²) in [4.78, 5) is 11.3. The van der Waals surface area contributed by atoms with E-state index >= 15 is 0 Å². The second-order valence-corrected chi connectivity index (χ2v) is 9.51. The summed E-state index contributed by atoms with van der Waals surface area (Å²) in [5.41, 5.74) is 2.31. The SMILES string of the molecule is Cc1nnc(S[C@@H](C[N+](=O)[O-])c2cc(Br)ccc2OCc2ccc(F)cc2)n1-c1ccccc1. The van der Waals surface area contributed by atoms with E-state index in [-0.39, 0.29) is 23.9 Å². The molecule has 0 radical (unpaired) electrons. The Labute approximate surface area is 208 Å². The maximum absolute atomic E-state index is 13.2. The molecule has 3 aromatic carbocycles. The molecular weight excluding hydrogens is 523 g/mol. The molecule has 0 amide bonds. The molecular formula is C24H20BrFN4O3S. The summed E-state index contributed by atoms with van der Waals surface area (Å²) in [6.07, 6.45) is 0. The van der Waals surface area contributed by atoms with E-state index in [9.17, 15) is 14.5 Å². The maximum atomic E-state index is 13.2. The number of hydrogen-bond donors (Lipinski definition) is 0. The van der Waals surface area contributed by atoms with Crippen LogP contribution >= 0.6 is 27.7 Å². The molecule has 0 bridgehead atoms. The average molecular weight is 543 g/mol. The second kappa shape index (κ2) is 10.8. The van der Waals surface area contributed by atoms with Gasteiger partial charge in [-0.1, -0.05) is 58.0 Å².